The van der Waals surface area contributed by atoms with E-state index in [0.717, 1.165) is 0 Å². The smallest absolute Gasteiger partial charge is 0.225 e. The van der Waals surface area contributed by atoms with Crippen molar-refractivity contribution in [3.8, 4) is 0 Å². The van der Waals surface area contributed by atoms with E-state index in [1.165, 1.54) is 10.8 Å². The third-order valence-corrected chi connectivity index (χ3v) is 1.55. The zero-order valence-electron chi connectivity index (χ0n) is 6.52. The summed E-state index contributed by atoms with van der Waals surface area (Å²) in [6.45, 7) is 0. The van der Waals surface area contributed by atoms with Gasteiger partial charge in [0.25, 0.3) is 0 Å². The van der Waals surface area contributed by atoms with Gasteiger partial charge in [-0.05, 0) is 0 Å². The van der Waals surface area contributed by atoms with Gasteiger partial charge in [0.15, 0.2) is 5.65 Å². The van der Waals surface area contributed by atoms with Crippen molar-refractivity contribution < 1.29 is 0 Å². The average molecular weight is 164 g/mol. The molecule has 0 bridgehead atoms. The minimum absolute atomic E-state index is 0.328. The first-order valence-electron chi connectivity index (χ1n) is 3.45. The van der Waals surface area contributed by atoms with Crippen LogP contribution in [0.1, 0.15) is 0 Å². The summed E-state index contributed by atoms with van der Waals surface area (Å²) in [7, 11) is 1.77. The lowest BCUT2D eigenvalue weighted by molar-refractivity contribution is 0.940. The van der Waals surface area contributed by atoms with Crippen LogP contribution >= 0.6 is 0 Å². The molecule has 6 nitrogen and oxygen atoms in total. The van der Waals surface area contributed by atoms with Gasteiger partial charge in [-0.1, -0.05) is 0 Å². The van der Waals surface area contributed by atoms with E-state index in [4.69, 9.17) is 5.73 Å². The van der Waals surface area contributed by atoms with Crippen LogP contribution in [0, 0.1) is 0 Å². The fraction of sp³-hybridized carbons (Fsp3) is 0.167. The minimum Gasteiger partial charge on any atom is -0.373 e. The SMILES string of the molecule is CNc1cc2ncnn2c(N)n1. The Kier molecular flexibility index (Phi) is 1.33. The number of nitrogen functional groups attached to an aromatic ring is 1. The third-order valence-electron chi connectivity index (χ3n) is 1.55. The van der Waals surface area contributed by atoms with E-state index in [1.54, 1.807) is 13.1 Å². The molecule has 0 aliphatic heterocycles. The van der Waals surface area contributed by atoms with Crippen LogP contribution in [0.2, 0.25) is 0 Å². The average Bonchev–Trinajstić information content (AvgIpc) is 2.52. The van der Waals surface area contributed by atoms with Gasteiger partial charge in [-0.3, -0.25) is 0 Å². The van der Waals surface area contributed by atoms with Crippen LogP contribution < -0.4 is 11.1 Å². The highest BCUT2D eigenvalue weighted by Crippen LogP contribution is 2.09. The van der Waals surface area contributed by atoms with Crippen molar-refractivity contribution in [2.24, 2.45) is 0 Å². The molecule has 0 aromatic carbocycles. The van der Waals surface area contributed by atoms with E-state index in [1.807, 2.05) is 0 Å². The van der Waals surface area contributed by atoms with Gasteiger partial charge < -0.3 is 11.1 Å². The first kappa shape index (κ1) is 6.84. The van der Waals surface area contributed by atoms with E-state index >= 15 is 0 Å². The first-order chi connectivity index (χ1) is 5.81. The number of anilines is 2. The Bertz CT molecular complexity index is 405. The molecule has 0 aliphatic rings. The van der Waals surface area contributed by atoms with E-state index in [-0.39, 0.29) is 0 Å². The highest BCUT2D eigenvalue weighted by atomic mass is 15.3. The maximum atomic E-state index is 5.59. The van der Waals surface area contributed by atoms with Crippen LogP contribution in [-0.4, -0.2) is 26.6 Å². The minimum atomic E-state index is 0.328. The molecule has 3 N–H and O–H groups in total. The monoisotopic (exact) mass is 164 g/mol. The Morgan fingerprint density at radius 1 is 1.58 bits per heavy atom. The zero-order chi connectivity index (χ0) is 8.55. The van der Waals surface area contributed by atoms with Crippen LogP contribution in [0.15, 0.2) is 12.4 Å². The molecule has 2 rings (SSSR count). The molecule has 0 atom stereocenters. The van der Waals surface area contributed by atoms with Gasteiger partial charge >= 0.3 is 0 Å². The Labute approximate surface area is 68.4 Å². The summed E-state index contributed by atoms with van der Waals surface area (Å²) in [6.07, 6.45) is 1.44. The molecule has 6 heteroatoms. The Morgan fingerprint density at radius 2 is 2.42 bits per heavy atom. The number of nitrogens with one attached hydrogen (secondary N) is 1. The van der Waals surface area contributed by atoms with E-state index in [9.17, 15) is 0 Å². The molecule has 0 unspecified atom stereocenters. The molecule has 2 heterocycles. The van der Waals surface area contributed by atoms with Gasteiger partial charge in [-0.15, -0.1) is 0 Å². The summed E-state index contributed by atoms with van der Waals surface area (Å²) in [5, 5.41) is 6.76. The maximum absolute atomic E-state index is 5.59. The highest BCUT2D eigenvalue weighted by molar-refractivity contribution is 5.52. The molecule has 0 amide bonds. The van der Waals surface area contributed by atoms with Gasteiger partial charge in [0, 0.05) is 13.1 Å². The largest absolute Gasteiger partial charge is 0.373 e. The second-order valence-electron chi connectivity index (χ2n) is 2.28. The Morgan fingerprint density at radius 3 is 3.17 bits per heavy atom. The van der Waals surface area contributed by atoms with E-state index < -0.39 is 0 Å². The number of hydrogen-bond donors (Lipinski definition) is 2. The second-order valence-corrected chi connectivity index (χ2v) is 2.28. The van der Waals surface area contributed by atoms with E-state index in [0.29, 0.717) is 17.4 Å². The quantitative estimate of drug-likeness (QED) is 0.607. The molecule has 12 heavy (non-hydrogen) atoms. The topological polar surface area (TPSA) is 81.1 Å². The van der Waals surface area contributed by atoms with Gasteiger partial charge in [-0.2, -0.15) is 14.6 Å². The summed E-state index contributed by atoms with van der Waals surface area (Å²) in [6, 6.07) is 1.77. The standard InChI is InChI=1S/C6H8N6/c1-8-4-2-5-9-3-10-12(5)6(7)11-4/h2-3,8H,1H3,(H2,7,11). The van der Waals surface area contributed by atoms with Crippen molar-refractivity contribution in [1.82, 2.24) is 19.6 Å². The summed E-state index contributed by atoms with van der Waals surface area (Å²) in [5.41, 5.74) is 6.27. The van der Waals surface area contributed by atoms with Gasteiger partial charge in [0.1, 0.15) is 12.1 Å². The lowest BCUT2D eigenvalue weighted by Gasteiger charge is -2.00. The van der Waals surface area contributed by atoms with Crippen LogP contribution in [-0.2, 0) is 0 Å². The number of hydrogen-bond acceptors (Lipinski definition) is 5. The van der Waals surface area contributed by atoms with Crippen LogP contribution in [0.5, 0.6) is 0 Å². The maximum Gasteiger partial charge on any atom is 0.225 e. The number of nitrogens with zero attached hydrogens (tertiary/aromatic N) is 4. The van der Waals surface area contributed by atoms with Gasteiger partial charge in [0.2, 0.25) is 5.95 Å². The van der Waals surface area contributed by atoms with Crippen molar-refractivity contribution in [2.45, 2.75) is 0 Å². The summed E-state index contributed by atoms with van der Waals surface area (Å²) < 4.78 is 1.47. The third kappa shape index (κ3) is 0.849. The predicted octanol–water partition coefficient (Wildman–Crippen LogP) is -0.252. The van der Waals surface area contributed by atoms with Crippen molar-refractivity contribution in [2.75, 3.05) is 18.1 Å². The molecule has 62 valence electrons. The lowest BCUT2D eigenvalue weighted by Crippen LogP contribution is -2.04. The Hall–Kier alpha value is -1.85. The zero-order valence-corrected chi connectivity index (χ0v) is 6.52. The van der Waals surface area contributed by atoms with Crippen LogP contribution in [0.3, 0.4) is 0 Å². The summed E-state index contributed by atoms with van der Waals surface area (Å²) in [5.74, 6) is 1.02. The van der Waals surface area contributed by atoms with Crippen LogP contribution in [0.25, 0.3) is 5.65 Å². The molecule has 0 saturated heterocycles. The number of fused-ring (bicyclic) bond motifs is 1. The molecule has 2 aromatic rings. The fourth-order valence-electron chi connectivity index (χ4n) is 0.979. The summed E-state index contributed by atoms with van der Waals surface area (Å²) in [4.78, 5) is 8.00. The predicted molar refractivity (Wildman–Crippen MR) is 44.7 cm³/mol. The molecule has 0 aliphatic carbocycles. The fourth-order valence-corrected chi connectivity index (χ4v) is 0.979. The second kappa shape index (κ2) is 2.33. The summed E-state index contributed by atoms with van der Waals surface area (Å²) >= 11 is 0. The van der Waals surface area contributed by atoms with Crippen molar-refractivity contribution >= 4 is 17.4 Å². The Balaban J connectivity index is 2.75. The van der Waals surface area contributed by atoms with Gasteiger partial charge in [-0.25, -0.2) is 4.98 Å². The highest BCUT2D eigenvalue weighted by Gasteiger charge is 2.01. The molecule has 0 saturated carbocycles. The number of aromatic nitrogens is 4. The van der Waals surface area contributed by atoms with Gasteiger partial charge in [0.05, 0.1) is 0 Å². The van der Waals surface area contributed by atoms with Crippen molar-refractivity contribution in [3.63, 3.8) is 0 Å². The first-order valence-corrected chi connectivity index (χ1v) is 3.45. The van der Waals surface area contributed by atoms with Crippen LogP contribution in [0.4, 0.5) is 11.8 Å². The number of rotatable bonds is 1. The normalized spacial score (nSPS) is 10.4. The van der Waals surface area contributed by atoms with Crippen molar-refractivity contribution in [3.05, 3.63) is 12.4 Å². The molecule has 0 spiro atoms. The number of nitrogens with two attached hydrogens (primary N) is 1. The molecular formula is C6H8N6. The lowest BCUT2D eigenvalue weighted by atomic mass is 10.5. The van der Waals surface area contributed by atoms with E-state index in [2.05, 4.69) is 20.4 Å². The molecular weight excluding hydrogens is 156 g/mol. The molecule has 0 fully saturated rings. The molecule has 0 radical (unpaired) electrons. The molecule has 2 aromatic heterocycles. The van der Waals surface area contributed by atoms with Crippen molar-refractivity contribution in [1.29, 1.82) is 0 Å².